The summed E-state index contributed by atoms with van der Waals surface area (Å²) in [5.41, 5.74) is 4.27. The largest absolute Gasteiger partial charge is 0.342 e. The number of carbonyl (C=O) groups is 2. The lowest BCUT2D eigenvalue weighted by Crippen LogP contribution is -2.52. The van der Waals surface area contributed by atoms with Gasteiger partial charge in [-0.05, 0) is 63.5 Å². The Balaban J connectivity index is 1.31. The molecule has 2 aromatic rings. The molecule has 0 aromatic heterocycles. The second kappa shape index (κ2) is 8.87. The van der Waals surface area contributed by atoms with Crippen LogP contribution >= 0.6 is 0 Å². The van der Waals surface area contributed by atoms with Crippen LogP contribution in [-0.4, -0.2) is 47.8 Å². The second-order valence-electron chi connectivity index (χ2n) is 11.2. The fourth-order valence-corrected chi connectivity index (χ4v) is 7.02. The summed E-state index contributed by atoms with van der Waals surface area (Å²) < 4.78 is 0. The van der Waals surface area contributed by atoms with E-state index in [0.29, 0.717) is 19.0 Å². The van der Waals surface area contributed by atoms with Crippen molar-refractivity contribution < 1.29 is 9.59 Å². The molecule has 5 rings (SSSR count). The summed E-state index contributed by atoms with van der Waals surface area (Å²) in [5, 5.41) is 0. The van der Waals surface area contributed by atoms with Gasteiger partial charge < -0.3 is 9.80 Å². The van der Waals surface area contributed by atoms with Crippen LogP contribution in [0.3, 0.4) is 0 Å². The average Bonchev–Trinajstić information content (AvgIpc) is 3.41. The highest BCUT2D eigenvalue weighted by atomic mass is 16.2. The molecular formula is C30H38N2O2. The smallest absolute Gasteiger partial charge is 0.233 e. The number of piperidine rings is 1. The molecule has 4 heteroatoms. The van der Waals surface area contributed by atoms with Crippen molar-refractivity contribution >= 4 is 11.8 Å². The quantitative estimate of drug-likeness (QED) is 0.632. The third kappa shape index (κ3) is 3.95. The maximum Gasteiger partial charge on any atom is 0.233 e. The van der Waals surface area contributed by atoms with Crippen molar-refractivity contribution in [1.82, 2.24) is 9.80 Å². The predicted octanol–water partition coefficient (Wildman–Crippen LogP) is 5.20. The minimum Gasteiger partial charge on any atom is -0.342 e. The van der Waals surface area contributed by atoms with Gasteiger partial charge in [-0.15, -0.1) is 0 Å². The summed E-state index contributed by atoms with van der Waals surface area (Å²) in [6, 6.07) is 17.4. The summed E-state index contributed by atoms with van der Waals surface area (Å²) in [7, 11) is 1.97. The van der Waals surface area contributed by atoms with Gasteiger partial charge in [-0.1, -0.05) is 72.5 Å². The Hall–Kier alpha value is -2.62. The van der Waals surface area contributed by atoms with Crippen LogP contribution in [-0.2, 0) is 21.4 Å². The van der Waals surface area contributed by atoms with E-state index in [1.807, 2.05) is 18.0 Å². The van der Waals surface area contributed by atoms with Gasteiger partial charge in [0.25, 0.3) is 0 Å². The molecule has 2 amide bonds. The Morgan fingerprint density at radius 1 is 0.941 bits per heavy atom. The second-order valence-corrected chi connectivity index (χ2v) is 11.2. The molecular weight excluding hydrogens is 420 g/mol. The van der Waals surface area contributed by atoms with Crippen molar-refractivity contribution in [2.24, 2.45) is 5.41 Å². The maximum atomic E-state index is 14.0. The molecule has 1 spiro atoms. The number of carbonyl (C=O) groups excluding carboxylic acids is 2. The Morgan fingerprint density at radius 2 is 1.56 bits per heavy atom. The van der Waals surface area contributed by atoms with Gasteiger partial charge in [0.05, 0.1) is 10.8 Å². The van der Waals surface area contributed by atoms with E-state index in [4.69, 9.17) is 0 Å². The van der Waals surface area contributed by atoms with E-state index in [2.05, 4.69) is 61.2 Å². The highest BCUT2D eigenvalue weighted by Gasteiger charge is 2.53. The molecule has 1 aliphatic carbocycles. The van der Waals surface area contributed by atoms with Crippen LogP contribution in [0, 0.1) is 19.3 Å². The van der Waals surface area contributed by atoms with Crippen LogP contribution in [0.4, 0.5) is 0 Å². The van der Waals surface area contributed by atoms with Gasteiger partial charge in [-0.3, -0.25) is 9.59 Å². The third-order valence-electron chi connectivity index (χ3n) is 8.91. The summed E-state index contributed by atoms with van der Waals surface area (Å²) in [4.78, 5) is 31.5. The number of likely N-dealkylation sites (tertiary alicyclic amines) is 2. The number of nitrogens with zero attached hydrogens (tertiary/aromatic N) is 2. The SMILES string of the molecule is Cc1cc(C)cc(C2(C(=O)N3CCC4(CC3)C[C@H](Cc3ccccc3)N(C)C4=O)CCCC2)c1. The van der Waals surface area contributed by atoms with E-state index < -0.39 is 0 Å². The van der Waals surface area contributed by atoms with Crippen LogP contribution in [0.2, 0.25) is 0 Å². The molecule has 0 unspecified atom stereocenters. The number of aryl methyl sites for hydroxylation is 2. The van der Waals surface area contributed by atoms with Gasteiger partial charge >= 0.3 is 0 Å². The van der Waals surface area contributed by atoms with Gasteiger partial charge in [0.15, 0.2) is 0 Å². The average molecular weight is 459 g/mol. The summed E-state index contributed by atoms with van der Waals surface area (Å²) in [5.74, 6) is 0.579. The Morgan fingerprint density at radius 3 is 2.18 bits per heavy atom. The molecule has 0 radical (unpaired) electrons. The summed E-state index contributed by atoms with van der Waals surface area (Å²) in [6.45, 7) is 5.65. The fraction of sp³-hybridized carbons (Fsp3) is 0.533. The van der Waals surface area contributed by atoms with Gasteiger partial charge in [-0.25, -0.2) is 0 Å². The standard InChI is InChI=1S/C30H38N2O2/c1-22-17-23(2)19-25(18-22)30(11-7-8-12-30)28(34)32-15-13-29(14-16-32)21-26(31(3)27(29)33)20-24-9-5-4-6-10-24/h4-6,9-10,17-19,26H,7-8,11-16,20-21H2,1-3H3/t26-/m0/s1. The molecule has 1 atom stereocenters. The first-order valence-electron chi connectivity index (χ1n) is 13.0. The Kier molecular flexibility index (Phi) is 6.03. The van der Waals surface area contributed by atoms with E-state index in [9.17, 15) is 9.59 Å². The van der Waals surface area contributed by atoms with Crippen LogP contribution in [0.15, 0.2) is 48.5 Å². The van der Waals surface area contributed by atoms with Crippen molar-refractivity contribution in [2.75, 3.05) is 20.1 Å². The summed E-state index contributed by atoms with van der Waals surface area (Å²) in [6.07, 6.45) is 7.49. The van der Waals surface area contributed by atoms with Gasteiger partial charge in [0, 0.05) is 26.2 Å². The number of amides is 2. The monoisotopic (exact) mass is 458 g/mol. The number of rotatable bonds is 4. The Labute approximate surface area is 204 Å². The lowest BCUT2D eigenvalue weighted by Gasteiger charge is -2.42. The molecule has 0 N–H and O–H groups in total. The number of hydrogen-bond donors (Lipinski definition) is 0. The lowest BCUT2D eigenvalue weighted by atomic mass is 9.73. The van der Waals surface area contributed by atoms with Crippen LogP contribution < -0.4 is 0 Å². The van der Waals surface area contributed by atoms with Crippen molar-refractivity contribution in [1.29, 1.82) is 0 Å². The van der Waals surface area contributed by atoms with Crippen molar-refractivity contribution in [2.45, 2.75) is 76.7 Å². The normalized spacial score (nSPS) is 23.6. The van der Waals surface area contributed by atoms with E-state index in [0.717, 1.165) is 51.4 Å². The van der Waals surface area contributed by atoms with Crippen molar-refractivity contribution in [3.05, 3.63) is 70.8 Å². The molecule has 180 valence electrons. The zero-order chi connectivity index (χ0) is 23.9. The van der Waals surface area contributed by atoms with Crippen molar-refractivity contribution in [3.8, 4) is 0 Å². The number of likely N-dealkylation sites (N-methyl/N-ethyl adjacent to an activating group) is 1. The fourth-order valence-electron chi connectivity index (χ4n) is 7.02. The number of benzene rings is 2. The van der Waals surface area contributed by atoms with Crippen LogP contribution in [0.25, 0.3) is 0 Å². The molecule has 2 heterocycles. The highest BCUT2D eigenvalue weighted by molar-refractivity contribution is 5.90. The predicted molar refractivity (Wildman–Crippen MR) is 136 cm³/mol. The first-order chi connectivity index (χ1) is 16.3. The summed E-state index contributed by atoms with van der Waals surface area (Å²) >= 11 is 0. The van der Waals surface area contributed by atoms with E-state index in [1.165, 1.54) is 22.3 Å². The molecule has 4 nitrogen and oxygen atoms in total. The minimum absolute atomic E-state index is 0.244. The highest BCUT2D eigenvalue weighted by Crippen LogP contribution is 2.47. The molecule has 2 aliphatic heterocycles. The molecule has 3 fully saturated rings. The van der Waals surface area contributed by atoms with Gasteiger partial charge in [0.1, 0.15) is 0 Å². The van der Waals surface area contributed by atoms with Gasteiger partial charge in [0.2, 0.25) is 11.8 Å². The lowest BCUT2D eigenvalue weighted by molar-refractivity contribution is -0.145. The molecule has 1 saturated carbocycles. The van der Waals surface area contributed by atoms with Gasteiger partial charge in [-0.2, -0.15) is 0 Å². The zero-order valence-corrected chi connectivity index (χ0v) is 21.0. The third-order valence-corrected chi connectivity index (χ3v) is 8.91. The molecule has 2 aromatic carbocycles. The molecule has 3 aliphatic rings. The van der Waals surface area contributed by atoms with E-state index in [1.54, 1.807) is 0 Å². The van der Waals surface area contributed by atoms with Crippen LogP contribution in [0.1, 0.15) is 67.2 Å². The van der Waals surface area contributed by atoms with E-state index in [-0.39, 0.29) is 22.8 Å². The first kappa shape index (κ1) is 23.1. The zero-order valence-electron chi connectivity index (χ0n) is 21.0. The van der Waals surface area contributed by atoms with Crippen molar-refractivity contribution in [3.63, 3.8) is 0 Å². The van der Waals surface area contributed by atoms with Crippen LogP contribution in [0.5, 0.6) is 0 Å². The first-order valence-corrected chi connectivity index (χ1v) is 13.0. The molecule has 2 saturated heterocycles. The molecule has 34 heavy (non-hydrogen) atoms. The molecule has 0 bridgehead atoms. The topological polar surface area (TPSA) is 40.6 Å². The Bertz CT molecular complexity index is 1040. The minimum atomic E-state index is -0.381. The van der Waals surface area contributed by atoms with E-state index >= 15 is 0 Å². The maximum absolute atomic E-state index is 14.0. The number of hydrogen-bond acceptors (Lipinski definition) is 2.